The number of aliphatic hydroxyl groups is 2. The highest BCUT2D eigenvalue weighted by molar-refractivity contribution is 5.71. The molecule has 2 aromatic carbocycles. The minimum Gasteiger partial charge on any atom is -0.491 e. The molecule has 0 saturated carbocycles. The van der Waals surface area contributed by atoms with E-state index in [4.69, 9.17) is 14.2 Å². The number of ether oxygens (including phenoxy) is 3. The van der Waals surface area contributed by atoms with Crippen molar-refractivity contribution in [1.82, 2.24) is 0 Å². The van der Waals surface area contributed by atoms with E-state index in [-0.39, 0.29) is 30.7 Å². The second-order valence-electron chi connectivity index (χ2n) is 10.0. The standard InChI is InChI=1S/C29H42O6/c1-8-29(9-2,22-11-13-24(20(4)15-22)34-18-26(31)28(5,6)7)23-12-14-25(21(16-23)17-30)35-19-27(32)33-10-3/h11-16,26,30-31H,8-10,17-19H2,1-7H3. The second-order valence-corrected chi connectivity index (χ2v) is 10.0. The molecule has 0 aliphatic rings. The van der Waals surface area contributed by atoms with Gasteiger partial charge in [0.25, 0.3) is 0 Å². The maximum Gasteiger partial charge on any atom is 0.344 e. The summed E-state index contributed by atoms with van der Waals surface area (Å²) in [5, 5.41) is 20.3. The Kier molecular flexibility index (Phi) is 10.2. The van der Waals surface area contributed by atoms with E-state index in [9.17, 15) is 15.0 Å². The highest BCUT2D eigenvalue weighted by Gasteiger charge is 2.32. The van der Waals surface area contributed by atoms with Crippen LogP contribution in [0.2, 0.25) is 0 Å². The number of benzene rings is 2. The molecule has 2 N–H and O–H groups in total. The Morgan fingerprint density at radius 3 is 2.06 bits per heavy atom. The molecule has 0 fully saturated rings. The van der Waals surface area contributed by atoms with Crippen LogP contribution in [-0.4, -0.2) is 42.1 Å². The number of rotatable bonds is 12. The van der Waals surface area contributed by atoms with Crippen molar-refractivity contribution < 1.29 is 29.2 Å². The largest absolute Gasteiger partial charge is 0.491 e. The van der Waals surface area contributed by atoms with Gasteiger partial charge in [-0.2, -0.15) is 0 Å². The van der Waals surface area contributed by atoms with Crippen molar-refractivity contribution in [2.45, 2.75) is 79.4 Å². The molecule has 35 heavy (non-hydrogen) atoms. The van der Waals surface area contributed by atoms with Crippen LogP contribution in [0, 0.1) is 12.3 Å². The van der Waals surface area contributed by atoms with Gasteiger partial charge in [-0.25, -0.2) is 4.79 Å². The van der Waals surface area contributed by atoms with Gasteiger partial charge in [0.1, 0.15) is 18.1 Å². The summed E-state index contributed by atoms with van der Waals surface area (Å²) in [5.74, 6) is 0.796. The predicted molar refractivity (Wildman–Crippen MR) is 138 cm³/mol. The van der Waals surface area contributed by atoms with E-state index in [0.29, 0.717) is 17.9 Å². The molecule has 0 bridgehead atoms. The van der Waals surface area contributed by atoms with Crippen LogP contribution < -0.4 is 9.47 Å². The van der Waals surface area contributed by atoms with Crippen molar-refractivity contribution in [3.63, 3.8) is 0 Å². The zero-order valence-electron chi connectivity index (χ0n) is 22.3. The van der Waals surface area contributed by atoms with Gasteiger partial charge in [-0.1, -0.05) is 52.8 Å². The van der Waals surface area contributed by atoms with Crippen molar-refractivity contribution in [3.05, 3.63) is 58.7 Å². The first-order valence-electron chi connectivity index (χ1n) is 12.5. The van der Waals surface area contributed by atoms with E-state index in [1.54, 1.807) is 6.92 Å². The molecule has 0 amide bonds. The average Bonchev–Trinajstić information content (AvgIpc) is 2.83. The lowest BCUT2D eigenvalue weighted by Crippen LogP contribution is -2.32. The van der Waals surface area contributed by atoms with Crippen LogP contribution in [0.25, 0.3) is 0 Å². The van der Waals surface area contributed by atoms with Crippen molar-refractivity contribution in [1.29, 1.82) is 0 Å². The fourth-order valence-electron chi connectivity index (χ4n) is 4.24. The fourth-order valence-corrected chi connectivity index (χ4v) is 4.24. The van der Waals surface area contributed by atoms with Gasteiger partial charge >= 0.3 is 5.97 Å². The molecule has 6 nitrogen and oxygen atoms in total. The zero-order chi connectivity index (χ0) is 26.2. The topological polar surface area (TPSA) is 85.2 Å². The molecule has 2 rings (SSSR count). The van der Waals surface area contributed by atoms with Gasteiger partial charge in [0.05, 0.1) is 19.3 Å². The molecular weight excluding hydrogens is 444 g/mol. The number of esters is 1. The third-order valence-corrected chi connectivity index (χ3v) is 6.77. The fraction of sp³-hybridized carbons (Fsp3) is 0.552. The van der Waals surface area contributed by atoms with Gasteiger partial charge in [-0.15, -0.1) is 0 Å². The first kappa shape index (κ1) is 28.7. The summed E-state index contributed by atoms with van der Waals surface area (Å²) in [5.41, 5.74) is 3.36. The van der Waals surface area contributed by atoms with E-state index in [2.05, 4.69) is 26.0 Å². The molecule has 0 saturated heterocycles. The lowest BCUT2D eigenvalue weighted by atomic mass is 9.70. The third kappa shape index (κ3) is 6.98. The summed E-state index contributed by atoms with van der Waals surface area (Å²) in [6.45, 7) is 14.2. The van der Waals surface area contributed by atoms with E-state index in [0.717, 1.165) is 35.3 Å². The molecule has 1 atom stereocenters. The Labute approximate surface area is 210 Å². The molecule has 0 spiro atoms. The molecule has 194 valence electrons. The molecule has 6 heteroatoms. The van der Waals surface area contributed by atoms with Crippen LogP contribution in [0.4, 0.5) is 0 Å². The Hall–Kier alpha value is -2.57. The van der Waals surface area contributed by atoms with Crippen LogP contribution in [0.3, 0.4) is 0 Å². The van der Waals surface area contributed by atoms with Crippen LogP contribution >= 0.6 is 0 Å². The number of carbonyl (C=O) groups excluding carboxylic acids is 1. The maximum absolute atomic E-state index is 11.7. The summed E-state index contributed by atoms with van der Waals surface area (Å²) in [6, 6.07) is 12.0. The van der Waals surface area contributed by atoms with Crippen LogP contribution in [0.15, 0.2) is 36.4 Å². The molecule has 0 aromatic heterocycles. The summed E-state index contributed by atoms with van der Waals surface area (Å²) in [7, 11) is 0. The third-order valence-electron chi connectivity index (χ3n) is 6.77. The number of carbonyl (C=O) groups is 1. The summed E-state index contributed by atoms with van der Waals surface area (Å²) in [4.78, 5) is 11.7. The van der Waals surface area contributed by atoms with E-state index >= 15 is 0 Å². The molecule has 0 heterocycles. The van der Waals surface area contributed by atoms with Gasteiger partial charge in [-0.05, 0) is 67.0 Å². The van der Waals surface area contributed by atoms with Crippen molar-refractivity contribution in [3.8, 4) is 11.5 Å². The Bertz CT molecular complexity index is 972. The highest BCUT2D eigenvalue weighted by atomic mass is 16.6. The molecule has 0 aliphatic heterocycles. The molecule has 0 radical (unpaired) electrons. The average molecular weight is 487 g/mol. The normalized spacial score (nSPS) is 12.8. The van der Waals surface area contributed by atoms with Gasteiger partial charge in [0.2, 0.25) is 0 Å². The molecular formula is C29H42O6. The predicted octanol–water partition coefficient (Wildman–Crippen LogP) is 5.32. The highest BCUT2D eigenvalue weighted by Crippen LogP contribution is 2.41. The van der Waals surface area contributed by atoms with Crippen molar-refractivity contribution >= 4 is 5.97 Å². The lowest BCUT2D eigenvalue weighted by Gasteiger charge is -2.34. The lowest BCUT2D eigenvalue weighted by molar-refractivity contribution is -0.145. The van der Waals surface area contributed by atoms with Crippen molar-refractivity contribution in [2.75, 3.05) is 19.8 Å². The van der Waals surface area contributed by atoms with E-state index < -0.39 is 12.1 Å². The smallest absolute Gasteiger partial charge is 0.344 e. The van der Waals surface area contributed by atoms with Gasteiger partial charge < -0.3 is 24.4 Å². The minimum absolute atomic E-state index is 0.197. The molecule has 1 unspecified atom stereocenters. The maximum atomic E-state index is 11.7. The SMILES string of the molecule is CCOC(=O)COc1ccc(C(CC)(CC)c2ccc(OCC(O)C(C)(C)C)c(C)c2)cc1CO. The number of hydrogen-bond acceptors (Lipinski definition) is 6. The number of aryl methyl sites for hydroxylation is 1. The molecule has 0 aliphatic carbocycles. The molecule has 2 aromatic rings. The monoisotopic (exact) mass is 486 g/mol. The second kappa shape index (κ2) is 12.4. The summed E-state index contributed by atoms with van der Waals surface area (Å²) in [6.07, 6.45) is 1.16. The van der Waals surface area contributed by atoms with Crippen LogP contribution in [0.5, 0.6) is 11.5 Å². The van der Waals surface area contributed by atoms with Crippen LogP contribution in [-0.2, 0) is 21.6 Å². The number of aliphatic hydroxyl groups excluding tert-OH is 2. The Morgan fingerprint density at radius 1 is 0.943 bits per heavy atom. The van der Waals surface area contributed by atoms with Crippen molar-refractivity contribution in [2.24, 2.45) is 5.41 Å². The van der Waals surface area contributed by atoms with Crippen LogP contribution in [0.1, 0.15) is 76.6 Å². The first-order chi connectivity index (χ1) is 16.5. The summed E-state index contributed by atoms with van der Waals surface area (Å²) < 4.78 is 16.5. The summed E-state index contributed by atoms with van der Waals surface area (Å²) >= 11 is 0. The number of hydrogen-bond donors (Lipinski definition) is 2. The van der Waals surface area contributed by atoms with Gasteiger partial charge in [0.15, 0.2) is 6.61 Å². The zero-order valence-corrected chi connectivity index (χ0v) is 22.3. The van der Waals surface area contributed by atoms with Gasteiger partial charge in [-0.3, -0.25) is 0 Å². The Balaban J connectivity index is 2.34. The Morgan fingerprint density at radius 2 is 1.54 bits per heavy atom. The van der Waals surface area contributed by atoms with E-state index in [1.807, 2.05) is 52.0 Å². The quantitative estimate of drug-likeness (QED) is 0.395. The first-order valence-corrected chi connectivity index (χ1v) is 12.5. The minimum atomic E-state index is -0.562. The van der Waals surface area contributed by atoms with E-state index in [1.165, 1.54) is 0 Å². The van der Waals surface area contributed by atoms with Gasteiger partial charge in [0, 0.05) is 11.0 Å².